The topological polar surface area (TPSA) is 58.2 Å². The normalized spacial score (nSPS) is 19.8. The van der Waals surface area contributed by atoms with Crippen molar-refractivity contribution in [3.05, 3.63) is 28.8 Å². The molecule has 0 bridgehead atoms. The van der Waals surface area contributed by atoms with Crippen molar-refractivity contribution < 1.29 is 22.8 Å². The second-order valence-electron chi connectivity index (χ2n) is 6.20. The van der Waals surface area contributed by atoms with Gasteiger partial charge in [0.25, 0.3) is 0 Å². The Bertz CT molecular complexity index is 664. The second-order valence-corrected chi connectivity index (χ2v) is 6.63. The van der Waals surface area contributed by atoms with Crippen LogP contribution in [0.2, 0.25) is 5.02 Å². The molecule has 2 amide bonds. The average Bonchev–Trinajstić information content (AvgIpc) is 2.51. The molecule has 0 aromatic heterocycles. The van der Waals surface area contributed by atoms with Gasteiger partial charge in [0.2, 0.25) is 0 Å². The van der Waals surface area contributed by atoms with E-state index in [1.165, 1.54) is 12.1 Å². The van der Waals surface area contributed by atoms with Gasteiger partial charge in [0.05, 0.1) is 0 Å². The van der Waals surface area contributed by atoms with Crippen LogP contribution in [0.5, 0.6) is 0 Å². The zero-order valence-electron chi connectivity index (χ0n) is 13.8. The third kappa shape index (κ3) is 4.26. The van der Waals surface area contributed by atoms with Gasteiger partial charge in [-0.15, -0.1) is 0 Å². The van der Waals surface area contributed by atoms with Crippen LogP contribution in [0, 0.1) is 0 Å². The fourth-order valence-corrected chi connectivity index (χ4v) is 3.16. The number of urea groups is 1. The van der Waals surface area contributed by atoms with Crippen LogP contribution in [0.15, 0.2) is 18.2 Å². The van der Waals surface area contributed by atoms with Crippen molar-refractivity contribution in [2.75, 3.05) is 5.32 Å². The number of hydrogen-bond acceptors (Lipinski definition) is 2. The number of amides is 2. The molecular weight excluding hydrogens is 357 g/mol. The highest BCUT2D eigenvalue weighted by molar-refractivity contribution is 6.30. The summed E-state index contributed by atoms with van der Waals surface area (Å²) in [5, 5.41) is 4.36. The molecule has 2 N–H and O–H groups in total. The molecule has 0 spiro atoms. The third-order valence-corrected chi connectivity index (χ3v) is 4.51. The van der Waals surface area contributed by atoms with E-state index >= 15 is 0 Å². The summed E-state index contributed by atoms with van der Waals surface area (Å²) in [5.74, 6) is -0.540. The Labute approximate surface area is 149 Å². The van der Waals surface area contributed by atoms with Crippen LogP contribution < -0.4 is 10.6 Å². The zero-order valence-corrected chi connectivity index (χ0v) is 14.6. The quantitative estimate of drug-likeness (QED) is 0.645. The third-order valence-electron chi connectivity index (χ3n) is 4.27. The number of anilines is 1. The molecule has 0 saturated carbocycles. The molecule has 0 radical (unpaired) electrons. The number of rotatable bonds is 7. The first kappa shape index (κ1) is 19.6. The van der Waals surface area contributed by atoms with Crippen molar-refractivity contribution in [1.29, 1.82) is 0 Å². The van der Waals surface area contributed by atoms with E-state index in [9.17, 15) is 22.8 Å². The lowest BCUT2D eigenvalue weighted by atomic mass is 9.81. The first-order valence-corrected chi connectivity index (χ1v) is 8.55. The molecule has 1 atom stereocenters. The number of halogens is 4. The van der Waals surface area contributed by atoms with E-state index in [0.29, 0.717) is 6.42 Å². The second kappa shape index (κ2) is 7.64. The maximum absolute atomic E-state index is 13.9. The first-order valence-electron chi connectivity index (χ1n) is 8.17. The molecule has 4 nitrogen and oxygen atoms in total. The smallest absolute Gasteiger partial charge is 0.319 e. The van der Waals surface area contributed by atoms with Crippen LogP contribution in [0.3, 0.4) is 0 Å². The van der Waals surface area contributed by atoms with E-state index in [4.69, 9.17) is 11.6 Å². The monoisotopic (exact) mass is 376 g/mol. The molecule has 0 fully saturated rings. The summed E-state index contributed by atoms with van der Waals surface area (Å²) in [6.45, 7) is 2.01. The molecule has 1 heterocycles. The van der Waals surface area contributed by atoms with Crippen LogP contribution in [-0.4, -0.2) is 18.0 Å². The highest BCUT2D eigenvalue weighted by Gasteiger charge is 2.60. The standard InChI is InChI=1S/C17H20ClF3N2O2/c1-2-3-4-5-6-12(24)10-16(17(19,20)21)13-9-11(18)7-8-14(13)22-15(25)23-16/h7-9H,2-6,10H2,1H3,(H2,22,23,25). The van der Waals surface area contributed by atoms with Gasteiger partial charge >= 0.3 is 12.2 Å². The number of fused-ring (bicyclic) bond motifs is 1. The predicted molar refractivity (Wildman–Crippen MR) is 89.7 cm³/mol. The maximum Gasteiger partial charge on any atom is 0.416 e. The molecule has 1 aromatic carbocycles. The van der Waals surface area contributed by atoms with E-state index in [1.807, 2.05) is 12.2 Å². The van der Waals surface area contributed by atoms with Gasteiger partial charge in [0.15, 0.2) is 5.54 Å². The fraction of sp³-hybridized carbons (Fsp3) is 0.529. The number of nitrogens with one attached hydrogen (secondary N) is 2. The van der Waals surface area contributed by atoms with Crippen molar-refractivity contribution in [3.8, 4) is 0 Å². The Morgan fingerprint density at radius 3 is 2.60 bits per heavy atom. The number of hydrogen-bond donors (Lipinski definition) is 2. The van der Waals surface area contributed by atoms with Gasteiger partial charge in [-0.1, -0.05) is 37.8 Å². The summed E-state index contributed by atoms with van der Waals surface area (Å²) < 4.78 is 41.8. The minimum absolute atomic E-state index is 0.00394. The Kier molecular flexibility index (Phi) is 5.98. The maximum atomic E-state index is 13.9. The molecule has 138 valence electrons. The molecule has 0 saturated heterocycles. The van der Waals surface area contributed by atoms with Crippen molar-refractivity contribution in [1.82, 2.24) is 5.32 Å². The summed E-state index contributed by atoms with van der Waals surface area (Å²) in [6, 6.07) is 2.84. The average molecular weight is 377 g/mol. The lowest BCUT2D eigenvalue weighted by Crippen LogP contribution is -2.60. The Morgan fingerprint density at radius 1 is 1.24 bits per heavy atom. The molecule has 1 unspecified atom stereocenters. The molecule has 1 aromatic rings. The molecule has 25 heavy (non-hydrogen) atoms. The van der Waals surface area contributed by atoms with Gasteiger partial charge in [-0.25, -0.2) is 4.79 Å². The van der Waals surface area contributed by atoms with Gasteiger partial charge in [0, 0.05) is 29.1 Å². The summed E-state index contributed by atoms with van der Waals surface area (Å²) in [4.78, 5) is 24.0. The number of carbonyl (C=O) groups is 2. The number of unbranched alkanes of at least 4 members (excludes halogenated alkanes) is 3. The van der Waals surface area contributed by atoms with Gasteiger partial charge in [0.1, 0.15) is 5.78 Å². The molecular formula is C17H20ClF3N2O2. The van der Waals surface area contributed by atoms with Crippen molar-refractivity contribution in [2.24, 2.45) is 0 Å². The number of ketones is 1. The molecule has 1 aliphatic heterocycles. The SMILES string of the molecule is CCCCCCC(=O)CC1(C(F)(F)F)NC(=O)Nc2ccc(Cl)cc21. The van der Waals surface area contributed by atoms with Crippen molar-refractivity contribution in [2.45, 2.75) is 57.2 Å². The van der Waals surface area contributed by atoms with Crippen LogP contribution in [0.4, 0.5) is 23.7 Å². The summed E-state index contributed by atoms with van der Waals surface area (Å²) >= 11 is 5.85. The van der Waals surface area contributed by atoms with Crippen LogP contribution in [-0.2, 0) is 10.3 Å². The summed E-state index contributed by atoms with van der Waals surface area (Å²) in [5.41, 5.74) is -3.00. The molecule has 1 aliphatic rings. The van der Waals surface area contributed by atoms with E-state index in [1.54, 1.807) is 0 Å². The Balaban J connectivity index is 2.35. The predicted octanol–water partition coefficient (Wildman–Crippen LogP) is 5.16. The minimum Gasteiger partial charge on any atom is -0.319 e. The Hall–Kier alpha value is -1.76. The number of alkyl halides is 3. The van der Waals surface area contributed by atoms with E-state index in [2.05, 4.69) is 5.32 Å². The first-order chi connectivity index (χ1) is 11.7. The van der Waals surface area contributed by atoms with Crippen molar-refractivity contribution >= 4 is 29.1 Å². The number of Topliss-reactive ketones (excluding diaryl/α,β-unsaturated/α-hetero) is 1. The van der Waals surface area contributed by atoms with Gasteiger partial charge in [-0.3, -0.25) is 4.79 Å². The summed E-state index contributed by atoms with van der Waals surface area (Å²) in [6.07, 6.45) is -2.42. The largest absolute Gasteiger partial charge is 0.416 e. The molecule has 8 heteroatoms. The van der Waals surface area contributed by atoms with Gasteiger partial charge in [-0.05, 0) is 24.6 Å². The van der Waals surface area contributed by atoms with Gasteiger partial charge in [-0.2, -0.15) is 13.2 Å². The highest BCUT2D eigenvalue weighted by atomic mass is 35.5. The lowest BCUT2D eigenvalue weighted by molar-refractivity contribution is -0.200. The van der Waals surface area contributed by atoms with E-state index in [0.717, 1.165) is 25.3 Å². The number of carbonyl (C=O) groups excluding carboxylic acids is 2. The van der Waals surface area contributed by atoms with Crippen molar-refractivity contribution in [3.63, 3.8) is 0 Å². The van der Waals surface area contributed by atoms with E-state index < -0.39 is 30.0 Å². The van der Waals surface area contributed by atoms with Crippen LogP contribution in [0.1, 0.15) is 51.0 Å². The molecule has 0 aliphatic carbocycles. The molecule has 2 rings (SSSR count). The van der Waals surface area contributed by atoms with Crippen LogP contribution >= 0.6 is 11.6 Å². The Morgan fingerprint density at radius 2 is 1.96 bits per heavy atom. The highest BCUT2D eigenvalue weighted by Crippen LogP contribution is 2.47. The van der Waals surface area contributed by atoms with E-state index in [-0.39, 0.29) is 22.7 Å². The van der Waals surface area contributed by atoms with Gasteiger partial charge < -0.3 is 10.6 Å². The fourth-order valence-electron chi connectivity index (χ4n) is 2.99. The zero-order chi connectivity index (χ0) is 18.7. The van der Waals surface area contributed by atoms with Crippen LogP contribution in [0.25, 0.3) is 0 Å². The minimum atomic E-state index is -4.84. The summed E-state index contributed by atoms with van der Waals surface area (Å²) in [7, 11) is 0. The number of benzene rings is 1. The lowest BCUT2D eigenvalue weighted by Gasteiger charge is -2.40.